The number of phenols is 1. The van der Waals surface area contributed by atoms with Crippen molar-refractivity contribution < 1.29 is 28.8 Å². The monoisotopic (exact) mass is 328 g/mol. The summed E-state index contributed by atoms with van der Waals surface area (Å²) in [6, 6.07) is 8.52. The third kappa shape index (κ3) is 2.31. The fraction of sp³-hybridized carbons (Fsp3) is 0.278. The quantitative estimate of drug-likeness (QED) is 0.933. The molecule has 4 rings (SSSR count). The number of aromatic hydroxyl groups is 1. The van der Waals surface area contributed by atoms with Gasteiger partial charge in [0, 0.05) is 0 Å². The molecule has 2 aliphatic rings. The first-order valence-corrected chi connectivity index (χ1v) is 7.63. The molecule has 1 unspecified atom stereocenters. The van der Waals surface area contributed by atoms with Crippen molar-refractivity contribution in [3.8, 4) is 28.7 Å². The number of phenolic OH excluding ortho intramolecular Hbond substituents is 1. The largest absolute Gasteiger partial charge is 0.504 e. The zero-order chi connectivity index (χ0) is 16.7. The first-order valence-electron chi connectivity index (χ1n) is 7.63. The molecule has 6 heteroatoms. The van der Waals surface area contributed by atoms with Crippen LogP contribution in [0.1, 0.15) is 15.9 Å². The number of rotatable bonds is 3. The number of Topliss-reactive ketones (excluding diaryl/α,β-unsaturated/α-hetero) is 1. The number of fused-ring (bicyclic) bond motifs is 3. The van der Waals surface area contributed by atoms with Crippen LogP contribution in [0.15, 0.2) is 30.3 Å². The number of hydrogen-bond donors (Lipinski definition) is 1. The minimum atomic E-state index is -0.299. The van der Waals surface area contributed by atoms with Crippen LogP contribution in [0.4, 0.5) is 0 Å². The molecule has 2 aromatic carbocycles. The predicted octanol–water partition coefficient (Wildman–Crippen LogP) is 2.56. The Morgan fingerprint density at radius 2 is 2.04 bits per heavy atom. The second-order valence-corrected chi connectivity index (χ2v) is 5.76. The fourth-order valence-corrected chi connectivity index (χ4v) is 3.05. The summed E-state index contributed by atoms with van der Waals surface area (Å²) in [4.78, 5) is 12.8. The summed E-state index contributed by atoms with van der Waals surface area (Å²) >= 11 is 0. The van der Waals surface area contributed by atoms with Crippen LogP contribution < -0.4 is 18.9 Å². The number of ketones is 1. The van der Waals surface area contributed by atoms with Crippen LogP contribution in [0, 0.1) is 5.92 Å². The Morgan fingerprint density at radius 3 is 2.88 bits per heavy atom. The van der Waals surface area contributed by atoms with Gasteiger partial charge in [0.05, 0.1) is 25.2 Å². The van der Waals surface area contributed by atoms with Crippen molar-refractivity contribution >= 4 is 5.78 Å². The second kappa shape index (κ2) is 5.63. The van der Waals surface area contributed by atoms with Crippen LogP contribution in [-0.2, 0) is 6.42 Å². The number of ether oxygens (including phenoxy) is 4. The Morgan fingerprint density at radius 1 is 1.17 bits per heavy atom. The standard InChI is InChI=1S/C18H16O6/c1-21-15-7-10(2-4-13(15)19)6-11-8-22-17-12(16(11)20)3-5-14-18(17)24-9-23-14/h2-5,7,11,19H,6,8-9H2,1H3. The van der Waals surface area contributed by atoms with Crippen molar-refractivity contribution in [2.45, 2.75) is 6.42 Å². The lowest BCUT2D eigenvalue weighted by molar-refractivity contribution is 0.0823. The van der Waals surface area contributed by atoms with Gasteiger partial charge in [0.25, 0.3) is 0 Å². The summed E-state index contributed by atoms with van der Waals surface area (Å²) in [5, 5.41) is 9.67. The molecule has 0 amide bonds. The Hall–Kier alpha value is -2.89. The maximum Gasteiger partial charge on any atom is 0.231 e. The van der Waals surface area contributed by atoms with Gasteiger partial charge >= 0.3 is 0 Å². The van der Waals surface area contributed by atoms with E-state index in [0.29, 0.717) is 35.0 Å². The predicted molar refractivity (Wildman–Crippen MR) is 84.2 cm³/mol. The molecule has 0 saturated carbocycles. The van der Waals surface area contributed by atoms with Gasteiger partial charge in [-0.3, -0.25) is 4.79 Å². The Kier molecular flexibility index (Phi) is 3.45. The molecule has 6 nitrogen and oxygen atoms in total. The molecule has 0 saturated heterocycles. The van der Waals surface area contributed by atoms with Gasteiger partial charge in [0.1, 0.15) is 0 Å². The minimum Gasteiger partial charge on any atom is -0.504 e. The van der Waals surface area contributed by atoms with Crippen molar-refractivity contribution in [2.24, 2.45) is 5.92 Å². The zero-order valence-electron chi connectivity index (χ0n) is 13.1. The van der Waals surface area contributed by atoms with E-state index in [-0.39, 0.29) is 30.9 Å². The van der Waals surface area contributed by atoms with E-state index >= 15 is 0 Å². The highest BCUT2D eigenvalue weighted by Crippen LogP contribution is 2.45. The van der Waals surface area contributed by atoms with E-state index in [4.69, 9.17) is 18.9 Å². The third-order valence-electron chi connectivity index (χ3n) is 4.29. The van der Waals surface area contributed by atoms with Crippen LogP contribution in [0.5, 0.6) is 28.7 Å². The van der Waals surface area contributed by atoms with Gasteiger partial charge in [-0.15, -0.1) is 0 Å². The molecule has 0 aromatic heterocycles. The van der Waals surface area contributed by atoms with Crippen LogP contribution in [0.25, 0.3) is 0 Å². The molecule has 1 atom stereocenters. The van der Waals surface area contributed by atoms with E-state index in [1.165, 1.54) is 7.11 Å². The molecule has 2 aromatic rings. The van der Waals surface area contributed by atoms with Crippen LogP contribution in [0.2, 0.25) is 0 Å². The van der Waals surface area contributed by atoms with E-state index < -0.39 is 0 Å². The lowest BCUT2D eigenvalue weighted by Gasteiger charge is -2.25. The van der Waals surface area contributed by atoms with Crippen LogP contribution >= 0.6 is 0 Å². The molecule has 0 bridgehead atoms. The number of carbonyl (C=O) groups excluding carboxylic acids is 1. The second-order valence-electron chi connectivity index (χ2n) is 5.76. The highest BCUT2D eigenvalue weighted by Gasteiger charge is 2.34. The van der Waals surface area contributed by atoms with Crippen molar-refractivity contribution in [3.63, 3.8) is 0 Å². The molecule has 2 heterocycles. The lowest BCUT2D eigenvalue weighted by atomic mass is 9.89. The fourth-order valence-electron chi connectivity index (χ4n) is 3.05. The van der Waals surface area contributed by atoms with Gasteiger partial charge in [0.15, 0.2) is 28.8 Å². The van der Waals surface area contributed by atoms with Crippen LogP contribution in [-0.4, -0.2) is 31.4 Å². The maximum atomic E-state index is 12.8. The Labute approximate surface area is 138 Å². The molecule has 0 spiro atoms. The van der Waals surface area contributed by atoms with Crippen molar-refractivity contribution in [1.29, 1.82) is 0 Å². The first kappa shape index (κ1) is 14.7. The van der Waals surface area contributed by atoms with E-state index in [0.717, 1.165) is 5.56 Å². The van der Waals surface area contributed by atoms with E-state index in [9.17, 15) is 9.90 Å². The first-order chi connectivity index (χ1) is 11.7. The molecule has 24 heavy (non-hydrogen) atoms. The molecule has 1 N–H and O–H groups in total. The van der Waals surface area contributed by atoms with Crippen molar-refractivity contribution in [3.05, 3.63) is 41.5 Å². The van der Waals surface area contributed by atoms with Gasteiger partial charge in [-0.25, -0.2) is 0 Å². The van der Waals surface area contributed by atoms with Crippen molar-refractivity contribution in [2.75, 3.05) is 20.5 Å². The number of hydrogen-bond acceptors (Lipinski definition) is 6. The zero-order valence-corrected chi connectivity index (χ0v) is 13.1. The summed E-state index contributed by atoms with van der Waals surface area (Å²) in [6.45, 7) is 0.412. The highest BCUT2D eigenvalue weighted by atomic mass is 16.7. The van der Waals surface area contributed by atoms with Gasteiger partial charge in [-0.2, -0.15) is 0 Å². The minimum absolute atomic E-state index is 0.0154. The van der Waals surface area contributed by atoms with Gasteiger partial charge < -0.3 is 24.1 Å². The summed E-state index contributed by atoms with van der Waals surface area (Å²) in [6.07, 6.45) is 0.503. The number of benzene rings is 2. The van der Waals surface area contributed by atoms with E-state index in [1.54, 1.807) is 30.3 Å². The summed E-state index contributed by atoms with van der Waals surface area (Å²) < 4.78 is 21.6. The van der Waals surface area contributed by atoms with Gasteiger partial charge in [0.2, 0.25) is 12.5 Å². The molecular weight excluding hydrogens is 312 g/mol. The number of carbonyl (C=O) groups is 1. The maximum absolute atomic E-state index is 12.8. The smallest absolute Gasteiger partial charge is 0.231 e. The van der Waals surface area contributed by atoms with Gasteiger partial charge in [-0.1, -0.05) is 6.07 Å². The topological polar surface area (TPSA) is 74.2 Å². The van der Waals surface area contributed by atoms with E-state index in [2.05, 4.69) is 0 Å². The highest BCUT2D eigenvalue weighted by molar-refractivity contribution is 6.02. The molecular formula is C18H16O6. The Bertz CT molecular complexity index is 813. The molecule has 2 aliphatic heterocycles. The SMILES string of the molecule is COc1cc(CC2COc3c(ccc4c3OCO4)C2=O)ccc1O. The van der Waals surface area contributed by atoms with Gasteiger partial charge in [-0.05, 0) is 36.2 Å². The molecule has 124 valence electrons. The summed E-state index contributed by atoms with van der Waals surface area (Å²) in [7, 11) is 1.49. The average Bonchev–Trinajstić information content (AvgIpc) is 3.08. The van der Waals surface area contributed by atoms with Crippen molar-refractivity contribution in [1.82, 2.24) is 0 Å². The normalized spacial score (nSPS) is 18.0. The molecule has 0 radical (unpaired) electrons. The summed E-state index contributed by atoms with van der Waals surface area (Å²) in [5.74, 6) is 1.75. The lowest BCUT2D eigenvalue weighted by Crippen LogP contribution is -2.29. The number of methoxy groups -OCH3 is 1. The third-order valence-corrected chi connectivity index (χ3v) is 4.29. The summed E-state index contributed by atoms with van der Waals surface area (Å²) in [5.41, 5.74) is 1.41. The molecule has 0 aliphatic carbocycles. The average molecular weight is 328 g/mol. The van der Waals surface area contributed by atoms with E-state index in [1.807, 2.05) is 0 Å². The van der Waals surface area contributed by atoms with Crippen LogP contribution in [0.3, 0.4) is 0 Å². The molecule has 0 fully saturated rings. The Balaban J connectivity index is 1.60.